The maximum absolute atomic E-state index is 12.2. The molecule has 1 aromatic carbocycles. The molecule has 1 N–H and O–H groups in total. The maximum atomic E-state index is 12.2. The molecule has 5 heteroatoms. The second-order valence-corrected chi connectivity index (χ2v) is 4.85. The van der Waals surface area contributed by atoms with Crippen molar-refractivity contribution in [2.45, 2.75) is 0 Å². The van der Waals surface area contributed by atoms with Gasteiger partial charge in [0, 0.05) is 31.7 Å². The molecular weight excluding hydrogens is 244 g/mol. The second kappa shape index (κ2) is 5.95. The Hall–Kier alpha value is -1.72. The van der Waals surface area contributed by atoms with E-state index in [-0.39, 0.29) is 17.9 Å². The van der Waals surface area contributed by atoms with Gasteiger partial charge in [-0.3, -0.25) is 9.69 Å². The summed E-state index contributed by atoms with van der Waals surface area (Å²) in [5.74, 6) is -1.18. The first-order valence-electron chi connectivity index (χ1n) is 6.34. The Morgan fingerprint density at radius 2 is 1.68 bits per heavy atom. The number of ketones is 1. The number of rotatable bonds is 4. The first kappa shape index (κ1) is 13.7. The highest BCUT2D eigenvalue weighted by Gasteiger charge is 2.20. The van der Waals surface area contributed by atoms with Crippen LogP contribution in [0.5, 0.6) is 0 Å². The van der Waals surface area contributed by atoms with Crippen molar-refractivity contribution in [3.05, 3.63) is 35.4 Å². The first-order valence-corrected chi connectivity index (χ1v) is 6.34. The zero-order chi connectivity index (χ0) is 13.8. The van der Waals surface area contributed by atoms with Crippen LogP contribution in [0, 0.1) is 0 Å². The molecule has 0 saturated carbocycles. The van der Waals surface area contributed by atoms with Crippen molar-refractivity contribution < 1.29 is 14.7 Å². The Morgan fingerprint density at radius 1 is 1.11 bits per heavy atom. The van der Waals surface area contributed by atoms with Gasteiger partial charge in [0.2, 0.25) is 0 Å². The smallest absolute Gasteiger partial charge is 0.336 e. The van der Waals surface area contributed by atoms with Gasteiger partial charge in [0.15, 0.2) is 5.78 Å². The van der Waals surface area contributed by atoms with Gasteiger partial charge in [0.05, 0.1) is 12.1 Å². The average Bonchev–Trinajstić information content (AvgIpc) is 2.41. The summed E-state index contributed by atoms with van der Waals surface area (Å²) < 4.78 is 0. The summed E-state index contributed by atoms with van der Waals surface area (Å²) in [6.45, 7) is 3.86. The first-order chi connectivity index (χ1) is 9.08. The zero-order valence-corrected chi connectivity index (χ0v) is 11.0. The molecule has 0 spiro atoms. The molecule has 19 heavy (non-hydrogen) atoms. The number of carbonyl (C=O) groups is 2. The van der Waals surface area contributed by atoms with Crippen molar-refractivity contribution in [2.75, 3.05) is 39.8 Å². The highest BCUT2D eigenvalue weighted by atomic mass is 16.4. The highest BCUT2D eigenvalue weighted by molar-refractivity contribution is 6.06. The van der Waals surface area contributed by atoms with E-state index in [4.69, 9.17) is 5.11 Å². The van der Waals surface area contributed by atoms with E-state index in [1.807, 2.05) is 0 Å². The molecule has 0 bridgehead atoms. The Balaban J connectivity index is 2.06. The number of carboxylic acids is 1. The van der Waals surface area contributed by atoms with Crippen molar-refractivity contribution in [1.29, 1.82) is 0 Å². The number of nitrogens with zero attached hydrogens (tertiary/aromatic N) is 2. The lowest BCUT2D eigenvalue weighted by Gasteiger charge is -2.31. The van der Waals surface area contributed by atoms with Crippen LogP contribution >= 0.6 is 0 Å². The third kappa shape index (κ3) is 3.39. The van der Waals surface area contributed by atoms with Gasteiger partial charge < -0.3 is 10.0 Å². The summed E-state index contributed by atoms with van der Waals surface area (Å²) >= 11 is 0. The van der Waals surface area contributed by atoms with E-state index >= 15 is 0 Å². The minimum Gasteiger partial charge on any atom is -0.478 e. The molecule has 0 atom stereocenters. The molecule has 1 aliphatic rings. The third-order valence-corrected chi connectivity index (χ3v) is 3.42. The minimum atomic E-state index is -1.05. The van der Waals surface area contributed by atoms with E-state index in [1.165, 1.54) is 6.07 Å². The van der Waals surface area contributed by atoms with Crippen molar-refractivity contribution >= 4 is 11.8 Å². The average molecular weight is 262 g/mol. The van der Waals surface area contributed by atoms with Gasteiger partial charge in [-0.05, 0) is 13.1 Å². The van der Waals surface area contributed by atoms with E-state index < -0.39 is 5.97 Å². The number of hydrogen-bond acceptors (Lipinski definition) is 4. The van der Waals surface area contributed by atoms with Crippen LogP contribution in [0.2, 0.25) is 0 Å². The summed E-state index contributed by atoms with van der Waals surface area (Å²) in [5, 5.41) is 9.08. The largest absolute Gasteiger partial charge is 0.478 e. The maximum Gasteiger partial charge on any atom is 0.336 e. The van der Waals surface area contributed by atoms with E-state index in [9.17, 15) is 9.59 Å². The standard InChI is InChI=1S/C14H18N2O3/c1-15-6-8-16(9-7-15)10-13(17)11-4-2-3-5-12(11)14(18)19/h2-5H,6-10H2,1H3,(H,18,19). The van der Waals surface area contributed by atoms with Crippen molar-refractivity contribution in [2.24, 2.45) is 0 Å². The second-order valence-electron chi connectivity index (χ2n) is 4.85. The summed E-state index contributed by atoms with van der Waals surface area (Å²) in [6.07, 6.45) is 0. The Labute approximate surface area is 112 Å². The van der Waals surface area contributed by atoms with E-state index in [2.05, 4.69) is 16.8 Å². The molecule has 1 saturated heterocycles. The molecular formula is C14H18N2O3. The van der Waals surface area contributed by atoms with Crippen LogP contribution in [0.3, 0.4) is 0 Å². The highest BCUT2D eigenvalue weighted by Crippen LogP contribution is 2.11. The van der Waals surface area contributed by atoms with E-state index in [0.717, 1.165) is 26.2 Å². The van der Waals surface area contributed by atoms with E-state index in [0.29, 0.717) is 5.56 Å². The molecule has 0 radical (unpaired) electrons. The third-order valence-electron chi connectivity index (χ3n) is 3.42. The number of Topliss-reactive ketones (excluding diaryl/α,β-unsaturated/α-hetero) is 1. The number of piperazine rings is 1. The van der Waals surface area contributed by atoms with Gasteiger partial charge in [-0.1, -0.05) is 18.2 Å². The molecule has 0 aliphatic carbocycles. The Kier molecular flexibility index (Phi) is 4.29. The number of aromatic carboxylic acids is 1. The Morgan fingerprint density at radius 3 is 2.26 bits per heavy atom. The monoisotopic (exact) mass is 262 g/mol. The molecule has 2 rings (SSSR count). The number of hydrogen-bond donors (Lipinski definition) is 1. The van der Waals surface area contributed by atoms with Crippen LogP contribution in [-0.2, 0) is 0 Å². The molecule has 1 aromatic rings. The van der Waals surface area contributed by atoms with Crippen LogP contribution in [0.1, 0.15) is 20.7 Å². The molecule has 0 unspecified atom stereocenters. The lowest BCUT2D eigenvalue weighted by molar-refractivity contribution is 0.0689. The molecule has 0 aromatic heterocycles. The Bertz CT molecular complexity index is 479. The SMILES string of the molecule is CN1CCN(CC(=O)c2ccccc2C(=O)O)CC1. The van der Waals surface area contributed by atoms with Gasteiger partial charge in [-0.2, -0.15) is 0 Å². The number of benzene rings is 1. The van der Waals surface area contributed by atoms with E-state index in [1.54, 1.807) is 18.2 Å². The van der Waals surface area contributed by atoms with Crippen LogP contribution in [0.4, 0.5) is 0 Å². The van der Waals surface area contributed by atoms with Crippen molar-refractivity contribution in [1.82, 2.24) is 9.80 Å². The van der Waals surface area contributed by atoms with Gasteiger partial charge >= 0.3 is 5.97 Å². The molecule has 1 aliphatic heterocycles. The fourth-order valence-corrected chi connectivity index (χ4v) is 2.21. The minimum absolute atomic E-state index is 0.0848. The molecule has 102 valence electrons. The molecule has 0 amide bonds. The predicted octanol–water partition coefficient (Wildman–Crippen LogP) is 0.815. The van der Waals surface area contributed by atoms with Crippen LogP contribution < -0.4 is 0 Å². The van der Waals surface area contributed by atoms with Gasteiger partial charge in [-0.25, -0.2) is 4.79 Å². The number of likely N-dealkylation sites (N-methyl/N-ethyl adjacent to an activating group) is 1. The topological polar surface area (TPSA) is 60.9 Å². The fraction of sp³-hybridized carbons (Fsp3) is 0.429. The van der Waals surface area contributed by atoms with Crippen LogP contribution in [0.15, 0.2) is 24.3 Å². The molecule has 1 heterocycles. The summed E-state index contributed by atoms with van der Waals surface area (Å²) in [5.41, 5.74) is 0.385. The lowest BCUT2D eigenvalue weighted by atomic mass is 10.0. The predicted molar refractivity (Wildman–Crippen MR) is 71.7 cm³/mol. The van der Waals surface area contributed by atoms with Gasteiger partial charge in [-0.15, -0.1) is 0 Å². The van der Waals surface area contributed by atoms with Gasteiger partial charge in [0.25, 0.3) is 0 Å². The van der Waals surface area contributed by atoms with Crippen LogP contribution in [-0.4, -0.2) is 66.4 Å². The van der Waals surface area contributed by atoms with Crippen molar-refractivity contribution in [3.63, 3.8) is 0 Å². The lowest BCUT2D eigenvalue weighted by Crippen LogP contribution is -2.46. The number of carbonyl (C=O) groups excluding carboxylic acids is 1. The quantitative estimate of drug-likeness (QED) is 0.814. The summed E-state index contributed by atoms with van der Waals surface area (Å²) in [7, 11) is 2.05. The fourth-order valence-electron chi connectivity index (χ4n) is 2.21. The molecule has 5 nitrogen and oxygen atoms in total. The van der Waals surface area contributed by atoms with Gasteiger partial charge in [0.1, 0.15) is 0 Å². The zero-order valence-electron chi connectivity index (χ0n) is 11.0. The summed E-state index contributed by atoms with van der Waals surface area (Å²) in [4.78, 5) is 27.6. The molecule has 1 fully saturated rings. The van der Waals surface area contributed by atoms with Crippen molar-refractivity contribution in [3.8, 4) is 0 Å². The van der Waals surface area contributed by atoms with Crippen LogP contribution in [0.25, 0.3) is 0 Å². The number of carboxylic acid groups (broad SMARTS) is 1. The normalized spacial score (nSPS) is 17.3. The summed E-state index contributed by atoms with van der Waals surface area (Å²) in [6, 6.07) is 6.39.